The molecule has 7 heteroatoms. The molecule has 0 spiro atoms. The Balaban J connectivity index is 1.74. The first kappa shape index (κ1) is 14.6. The molecule has 1 atom stereocenters. The predicted octanol–water partition coefficient (Wildman–Crippen LogP) is 3.03. The van der Waals surface area contributed by atoms with Gasteiger partial charge in [-0.05, 0) is 25.0 Å². The quantitative estimate of drug-likeness (QED) is 0.948. The van der Waals surface area contributed by atoms with E-state index in [1.165, 1.54) is 11.0 Å². The number of rotatable bonds is 3. The minimum absolute atomic E-state index is 0.142. The van der Waals surface area contributed by atoms with Gasteiger partial charge >= 0.3 is 0 Å². The standard InChI is InChI=1S/C15H16F2N4O/c16-15(17)8-4-5-11(9-15)13(22)20-14-18-10-19-21(14)12-6-2-1-3-7-12/h1-3,6-7,10-11H,4-5,8-9H2,(H,18,19,20,22)/t11-/m0/s1. The second kappa shape index (κ2) is 5.82. The summed E-state index contributed by atoms with van der Waals surface area (Å²) < 4.78 is 28.3. The van der Waals surface area contributed by atoms with Crippen molar-refractivity contribution in [2.24, 2.45) is 5.92 Å². The summed E-state index contributed by atoms with van der Waals surface area (Å²) in [7, 11) is 0. The van der Waals surface area contributed by atoms with E-state index in [0.717, 1.165) is 5.69 Å². The van der Waals surface area contributed by atoms with E-state index in [1.54, 1.807) is 0 Å². The fourth-order valence-electron chi connectivity index (χ4n) is 2.69. The van der Waals surface area contributed by atoms with Gasteiger partial charge in [-0.2, -0.15) is 14.8 Å². The van der Waals surface area contributed by atoms with Crippen LogP contribution in [0.2, 0.25) is 0 Å². The molecule has 1 heterocycles. The molecule has 1 aromatic carbocycles. The molecule has 1 aliphatic carbocycles. The van der Waals surface area contributed by atoms with Gasteiger partial charge in [-0.15, -0.1) is 0 Å². The highest BCUT2D eigenvalue weighted by atomic mass is 19.3. The van der Waals surface area contributed by atoms with E-state index in [0.29, 0.717) is 12.8 Å². The van der Waals surface area contributed by atoms with Gasteiger partial charge in [0.2, 0.25) is 17.8 Å². The Morgan fingerprint density at radius 2 is 2.09 bits per heavy atom. The van der Waals surface area contributed by atoms with E-state index in [2.05, 4.69) is 15.4 Å². The first-order valence-corrected chi connectivity index (χ1v) is 7.19. The smallest absolute Gasteiger partial charge is 0.248 e. The van der Waals surface area contributed by atoms with Crippen molar-refractivity contribution in [3.63, 3.8) is 0 Å². The van der Waals surface area contributed by atoms with Crippen LogP contribution in [0.1, 0.15) is 25.7 Å². The second-order valence-corrected chi connectivity index (χ2v) is 5.47. The Kier molecular flexibility index (Phi) is 3.87. The third kappa shape index (κ3) is 3.13. The number of hydrogen-bond acceptors (Lipinski definition) is 3. The molecular weight excluding hydrogens is 290 g/mol. The number of alkyl halides is 2. The molecule has 5 nitrogen and oxygen atoms in total. The van der Waals surface area contributed by atoms with Gasteiger partial charge < -0.3 is 0 Å². The minimum Gasteiger partial charge on any atom is -0.294 e. The summed E-state index contributed by atoms with van der Waals surface area (Å²) >= 11 is 0. The minimum atomic E-state index is -2.76. The summed E-state index contributed by atoms with van der Waals surface area (Å²) in [5.74, 6) is -3.63. The van der Waals surface area contributed by atoms with Crippen LogP contribution in [-0.4, -0.2) is 26.6 Å². The highest BCUT2D eigenvalue weighted by Crippen LogP contribution is 2.37. The Hall–Kier alpha value is -2.31. The number of benzene rings is 1. The molecule has 3 rings (SSSR count). The maximum absolute atomic E-state index is 13.4. The zero-order valence-corrected chi connectivity index (χ0v) is 11.9. The van der Waals surface area contributed by atoms with Crippen molar-refractivity contribution in [3.05, 3.63) is 36.7 Å². The third-order valence-corrected chi connectivity index (χ3v) is 3.79. The first-order valence-electron chi connectivity index (χ1n) is 7.19. The summed E-state index contributed by atoms with van der Waals surface area (Å²) in [4.78, 5) is 16.2. The number of para-hydroxylation sites is 1. The Labute approximate surface area is 126 Å². The molecule has 1 aromatic heterocycles. The van der Waals surface area contributed by atoms with E-state index in [4.69, 9.17) is 0 Å². The van der Waals surface area contributed by atoms with Gasteiger partial charge in [0.25, 0.3) is 0 Å². The van der Waals surface area contributed by atoms with Crippen molar-refractivity contribution in [1.29, 1.82) is 0 Å². The molecule has 0 radical (unpaired) electrons. The van der Waals surface area contributed by atoms with Crippen LogP contribution in [0.15, 0.2) is 36.7 Å². The molecule has 1 amide bonds. The molecule has 2 aromatic rings. The molecule has 116 valence electrons. The first-order chi connectivity index (χ1) is 10.6. The van der Waals surface area contributed by atoms with Crippen molar-refractivity contribution >= 4 is 11.9 Å². The predicted molar refractivity (Wildman–Crippen MR) is 76.9 cm³/mol. The second-order valence-electron chi connectivity index (χ2n) is 5.47. The fourth-order valence-corrected chi connectivity index (χ4v) is 2.69. The molecule has 1 saturated carbocycles. The van der Waals surface area contributed by atoms with Crippen LogP contribution >= 0.6 is 0 Å². The number of halogens is 2. The number of nitrogens with zero attached hydrogens (tertiary/aromatic N) is 3. The average Bonchev–Trinajstić information content (AvgIpc) is 2.95. The lowest BCUT2D eigenvalue weighted by Gasteiger charge is -2.27. The van der Waals surface area contributed by atoms with Gasteiger partial charge in [0, 0.05) is 18.8 Å². The van der Waals surface area contributed by atoms with Crippen molar-refractivity contribution in [1.82, 2.24) is 14.8 Å². The number of amides is 1. The van der Waals surface area contributed by atoms with Gasteiger partial charge in [-0.3, -0.25) is 10.1 Å². The zero-order valence-electron chi connectivity index (χ0n) is 11.9. The lowest BCUT2D eigenvalue weighted by atomic mass is 9.86. The number of hydrogen-bond donors (Lipinski definition) is 1. The maximum atomic E-state index is 13.4. The van der Waals surface area contributed by atoms with Gasteiger partial charge in [0.1, 0.15) is 6.33 Å². The molecule has 0 unspecified atom stereocenters. The zero-order chi connectivity index (χ0) is 15.6. The van der Waals surface area contributed by atoms with E-state index in [9.17, 15) is 13.6 Å². The largest absolute Gasteiger partial charge is 0.294 e. The molecule has 0 saturated heterocycles. The topological polar surface area (TPSA) is 59.8 Å². The molecular formula is C15H16F2N4O. The SMILES string of the molecule is O=C(Nc1ncnn1-c1ccccc1)[C@H]1CCCC(F)(F)C1. The van der Waals surface area contributed by atoms with Crippen LogP contribution in [0.5, 0.6) is 0 Å². The van der Waals surface area contributed by atoms with E-state index >= 15 is 0 Å². The van der Waals surface area contributed by atoms with Gasteiger partial charge in [-0.1, -0.05) is 18.2 Å². The van der Waals surface area contributed by atoms with Crippen LogP contribution < -0.4 is 5.32 Å². The number of anilines is 1. The van der Waals surface area contributed by atoms with Crippen molar-refractivity contribution in [2.45, 2.75) is 31.6 Å². The molecule has 0 aliphatic heterocycles. The number of nitrogens with one attached hydrogen (secondary N) is 1. The van der Waals surface area contributed by atoms with Crippen molar-refractivity contribution < 1.29 is 13.6 Å². The number of carbonyl (C=O) groups is 1. The van der Waals surface area contributed by atoms with E-state index in [1.807, 2.05) is 30.3 Å². The molecule has 22 heavy (non-hydrogen) atoms. The lowest BCUT2D eigenvalue weighted by molar-refractivity contribution is -0.127. The summed E-state index contributed by atoms with van der Waals surface area (Å²) in [6.07, 6.45) is 1.60. The lowest BCUT2D eigenvalue weighted by Crippen LogP contribution is -2.34. The molecule has 1 N–H and O–H groups in total. The molecule has 1 aliphatic rings. The Morgan fingerprint density at radius 3 is 2.82 bits per heavy atom. The van der Waals surface area contributed by atoms with Gasteiger partial charge in [0.05, 0.1) is 5.69 Å². The Bertz CT molecular complexity index is 657. The van der Waals surface area contributed by atoms with Crippen LogP contribution in [-0.2, 0) is 4.79 Å². The number of carbonyl (C=O) groups excluding carboxylic acids is 1. The van der Waals surface area contributed by atoms with E-state index < -0.39 is 24.2 Å². The van der Waals surface area contributed by atoms with E-state index in [-0.39, 0.29) is 12.4 Å². The summed E-state index contributed by atoms with van der Waals surface area (Å²) in [6.45, 7) is 0. The monoisotopic (exact) mass is 306 g/mol. The van der Waals surface area contributed by atoms with Crippen molar-refractivity contribution in [3.8, 4) is 5.69 Å². The summed E-state index contributed by atoms with van der Waals surface area (Å²) in [5.41, 5.74) is 0.740. The van der Waals surface area contributed by atoms with Gasteiger partial charge in [0.15, 0.2) is 0 Å². The molecule has 1 fully saturated rings. The third-order valence-electron chi connectivity index (χ3n) is 3.79. The van der Waals surface area contributed by atoms with Crippen LogP contribution in [0.4, 0.5) is 14.7 Å². The van der Waals surface area contributed by atoms with Crippen LogP contribution in [0.25, 0.3) is 5.69 Å². The van der Waals surface area contributed by atoms with Crippen molar-refractivity contribution in [2.75, 3.05) is 5.32 Å². The average molecular weight is 306 g/mol. The summed E-state index contributed by atoms with van der Waals surface area (Å²) in [6, 6.07) is 9.18. The van der Waals surface area contributed by atoms with Gasteiger partial charge in [-0.25, -0.2) is 8.78 Å². The summed E-state index contributed by atoms with van der Waals surface area (Å²) in [5, 5.41) is 6.67. The highest BCUT2D eigenvalue weighted by molar-refractivity contribution is 5.91. The van der Waals surface area contributed by atoms with Crippen LogP contribution in [0.3, 0.4) is 0 Å². The maximum Gasteiger partial charge on any atom is 0.248 e. The normalized spacial score (nSPS) is 20.5. The highest BCUT2D eigenvalue weighted by Gasteiger charge is 2.39. The Morgan fingerprint density at radius 1 is 1.32 bits per heavy atom. The fraction of sp³-hybridized carbons (Fsp3) is 0.400. The van der Waals surface area contributed by atoms with Crippen LogP contribution in [0, 0.1) is 5.92 Å². The number of aromatic nitrogens is 3. The molecule has 0 bridgehead atoms.